The van der Waals surface area contributed by atoms with Crippen molar-refractivity contribution in [3.63, 3.8) is 0 Å². The third kappa shape index (κ3) is 4.92. The first-order valence-electron chi connectivity index (χ1n) is 7.72. The molecular formula is C19H23NOS. The highest BCUT2D eigenvalue weighted by Crippen LogP contribution is 2.19. The predicted molar refractivity (Wildman–Crippen MR) is 93.9 cm³/mol. The van der Waals surface area contributed by atoms with E-state index in [-0.39, 0.29) is 11.9 Å². The molecule has 0 aliphatic carbocycles. The maximum atomic E-state index is 12.6. The fourth-order valence-corrected chi connectivity index (χ4v) is 3.04. The molecule has 116 valence electrons. The smallest absolute Gasteiger partial charge is 0.233 e. The van der Waals surface area contributed by atoms with Gasteiger partial charge >= 0.3 is 0 Å². The zero-order chi connectivity index (χ0) is 15.8. The molecule has 0 aliphatic rings. The van der Waals surface area contributed by atoms with Crippen LogP contribution in [0.1, 0.15) is 25.8 Å². The Morgan fingerprint density at radius 2 is 1.64 bits per heavy atom. The Balaban J connectivity index is 2.00. The topological polar surface area (TPSA) is 20.3 Å². The van der Waals surface area contributed by atoms with Gasteiger partial charge in [0, 0.05) is 17.5 Å². The highest BCUT2D eigenvalue weighted by atomic mass is 32.2. The third-order valence-electron chi connectivity index (χ3n) is 3.74. The van der Waals surface area contributed by atoms with E-state index in [4.69, 9.17) is 0 Å². The van der Waals surface area contributed by atoms with Crippen LogP contribution in [0.4, 0.5) is 0 Å². The minimum absolute atomic E-state index is 0.201. The molecule has 0 radical (unpaired) electrons. The van der Waals surface area contributed by atoms with Gasteiger partial charge in [0.2, 0.25) is 5.91 Å². The lowest BCUT2D eigenvalue weighted by atomic mass is 10.1. The van der Waals surface area contributed by atoms with Gasteiger partial charge in [0.05, 0.1) is 5.75 Å². The molecule has 22 heavy (non-hydrogen) atoms. The van der Waals surface area contributed by atoms with Crippen LogP contribution in [0.3, 0.4) is 0 Å². The van der Waals surface area contributed by atoms with Gasteiger partial charge in [0.1, 0.15) is 0 Å². The molecule has 2 rings (SSSR count). The molecule has 0 aliphatic heterocycles. The Morgan fingerprint density at radius 1 is 1.05 bits per heavy atom. The summed E-state index contributed by atoms with van der Waals surface area (Å²) in [5, 5.41) is 0. The number of rotatable bonds is 7. The number of hydrogen-bond acceptors (Lipinski definition) is 2. The molecule has 0 saturated carbocycles. The standard InChI is InChI=1S/C19H23NOS/c1-3-16(2)20(14-17-10-6-4-7-11-17)19(21)15-22-18-12-8-5-9-13-18/h4-13,16H,3,14-15H2,1-2H3. The van der Waals surface area contributed by atoms with Crippen LogP contribution in [-0.2, 0) is 11.3 Å². The number of amides is 1. The van der Waals surface area contributed by atoms with Crippen LogP contribution in [0.5, 0.6) is 0 Å². The average molecular weight is 313 g/mol. The van der Waals surface area contributed by atoms with Gasteiger partial charge in [-0.25, -0.2) is 0 Å². The quantitative estimate of drug-likeness (QED) is 0.696. The van der Waals surface area contributed by atoms with Crippen molar-refractivity contribution in [3.8, 4) is 0 Å². The lowest BCUT2D eigenvalue weighted by Crippen LogP contribution is -2.38. The first-order valence-corrected chi connectivity index (χ1v) is 8.70. The second kappa shape index (κ2) is 8.64. The van der Waals surface area contributed by atoms with Crippen LogP contribution < -0.4 is 0 Å². The van der Waals surface area contributed by atoms with E-state index in [1.165, 1.54) is 5.56 Å². The first kappa shape index (κ1) is 16.6. The van der Waals surface area contributed by atoms with Crippen molar-refractivity contribution in [1.29, 1.82) is 0 Å². The molecule has 1 atom stereocenters. The van der Waals surface area contributed by atoms with E-state index in [2.05, 4.69) is 26.0 Å². The Bertz CT molecular complexity index is 571. The molecule has 0 spiro atoms. The van der Waals surface area contributed by atoms with Crippen molar-refractivity contribution in [2.24, 2.45) is 0 Å². The number of thioether (sulfide) groups is 1. The van der Waals surface area contributed by atoms with Crippen molar-refractivity contribution in [2.45, 2.75) is 37.8 Å². The van der Waals surface area contributed by atoms with Gasteiger partial charge in [-0.15, -0.1) is 11.8 Å². The van der Waals surface area contributed by atoms with E-state index in [1.54, 1.807) is 11.8 Å². The van der Waals surface area contributed by atoms with Crippen LogP contribution in [0.25, 0.3) is 0 Å². The van der Waals surface area contributed by atoms with E-state index < -0.39 is 0 Å². The van der Waals surface area contributed by atoms with Crippen LogP contribution in [0, 0.1) is 0 Å². The van der Waals surface area contributed by atoms with E-state index in [1.807, 2.05) is 53.4 Å². The summed E-state index contributed by atoms with van der Waals surface area (Å²) in [6.45, 7) is 4.93. The van der Waals surface area contributed by atoms with Gasteiger partial charge in [-0.1, -0.05) is 55.5 Å². The largest absolute Gasteiger partial charge is 0.335 e. The summed E-state index contributed by atoms with van der Waals surface area (Å²) in [6, 6.07) is 20.5. The normalized spacial score (nSPS) is 11.9. The summed E-state index contributed by atoms with van der Waals surface area (Å²) >= 11 is 1.60. The monoisotopic (exact) mass is 313 g/mol. The van der Waals surface area contributed by atoms with Crippen molar-refractivity contribution < 1.29 is 4.79 Å². The highest BCUT2D eigenvalue weighted by molar-refractivity contribution is 8.00. The van der Waals surface area contributed by atoms with E-state index in [0.717, 1.165) is 11.3 Å². The van der Waals surface area contributed by atoms with Crippen LogP contribution in [0.2, 0.25) is 0 Å². The molecule has 2 nitrogen and oxygen atoms in total. The average Bonchev–Trinajstić information content (AvgIpc) is 2.58. The van der Waals surface area contributed by atoms with Crippen LogP contribution in [-0.4, -0.2) is 22.6 Å². The summed E-state index contributed by atoms with van der Waals surface area (Å²) in [7, 11) is 0. The first-order chi connectivity index (χ1) is 10.7. The summed E-state index contributed by atoms with van der Waals surface area (Å²) < 4.78 is 0. The second-order valence-corrected chi connectivity index (χ2v) is 6.41. The molecule has 0 saturated heterocycles. The van der Waals surface area contributed by atoms with Gasteiger partial charge in [-0.05, 0) is 31.0 Å². The lowest BCUT2D eigenvalue weighted by molar-refractivity contribution is -0.131. The van der Waals surface area contributed by atoms with Crippen LogP contribution >= 0.6 is 11.8 Å². The lowest BCUT2D eigenvalue weighted by Gasteiger charge is -2.28. The van der Waals surface area contributed by atoms with E-state index in [0.29, 0.717) is 12.3 Å². The molecule has 0 bridgehead atoms. The number of carbonyl (C=O) groups is 1. The zero-order valence-electron chi connectivity index (χ0n) is 13.2. The maximum absolute atomic E-state index is 12.6. The fourth-order valence-electron chi connectivity index (χ4n) is 2.24. The van der Waals surface area contributed by atoms with Gasteiger partial charge < -0.3 is 4.90 Å². The Kier molecular flexibility index (Phi) is 6.53. The Labute approximate surface area is 137 Å². The van der Waals surface area contributed by atoms with E-state index >= 15 is 0 Å². The van der Waals surface area contributed by atoms with Crippen LogP contribution in [0.15, 0.2) is 65.6 Å². The molecule has 0 fully saturated rings. The highest BCUT2D eigenvalue weighted by Gasteiger charge is 2.19. The summed E-state index contributed by atoms with van der Waals surface area (Å²) in [6.07, 6.45) is 0.967. The Hall–Kier alpha value is -1.74. The van der Waals surface area contributed by atoms with Crippen molar-refractivity contribution in [2.75, 3.05) is 5.75 Å². The molecule has 0 N–H and O–H groups in total. The molecule has 2 aromatic rings. The number of carbonyl (C=O) groups excluding carboxylic acids is 1. The fraction of sp³-hybridized carbons (Fsp3) is 0.316. The minimum atomic E-state index is 0.201. The maximum Gasteiger partial charge on any atom is 0.233 e. The molecule has 0 aromatic heterocycles. The number of nitrogens with zero attached hydrogens (tertiary/aromatic N) is 1. The zero-order valence-corrected chi connectivity index (χ0v) is 14.1. The van der Waals surface area contributed by atoms with Crippen molar-refractivity contribution >= 4 is 17.7 Å². The van der Waals surface area contributed by atoms with Crippen molar-refractivity contribution in [1.82, 2.24) is 4.90 Å². The molecule has 3 heteroatoms. The second-order valence-electron chi connectivity index (χ2n) is 5.37. The SMILES string of the molecule is CCC(C)N(Cc1ccccc1)C(=O)CSc1ccccc1. The van der Waals surface area contributed by atoms with E-state index in [9.17, 15) is 4.79 Å². The molecule has 1 unspecified atom stereocenters. The van der Waals surface area contributed by atoms with Gasteiger partial charge in [0.25, 0.3) is 0 Å². The molecular weight excluding hydrogens is 290 g/mol. The Morgan fingerprint density at radius 3 is 2.23 bits per heavy atom. The van der Waals surface area contributed by atoms with Gasteiger partial charge in [-0.2, -0.15) is 0 Å². The summed E-state index contributed by atoms with van der Waals surface area (Å²) in [5.74, 6) is 0.688. The van der Waals surface area contributed by atoms with Gasteiger partial charge in [-0.3, -0.25) is 4.79 Å². The van der Waals surface area contributed by atoms with Gasteiger partial charge in [0.15, 0.2) is 0 Å². The predicted octanol–water partition coefficient (Wildman–Crippen LogP) is 4.61. The minimum Gasteiger partial charge on any atom is -0.335 e. The van der Waals surface area contributed by atoms with Crippen molar-refractivity contribution in [3.05, 3.63) is 66.2 Å². The number of hydrogen-bond donors (Lipinski definition) is 0. The molecule has 2 aromatic carbocycles. The third-order valence-corrected chi connectivity index (χ3v) is 4.74. The summed E-state index contributed by atoms with van der Waals surface area (Å²) in [4.78, 5) is 15.8. The molecule has 0 heterocycles. The number of benzene rings is 2. The summed E-state index contributed by atoms with van der Waals surface area (Å²) in [5.41, 5.74) is 1.18. The molecule has 1 amide bonds.